The van der Waals surface area contributed by atoms with E-state index in [1.54, 1.807) is 0 Å². The molecule has 1 heterocycles. The SMILES string of the molecule is Cc1cn(CC(NC(C)C)C(=O)O)c(C)n1. The average Bonchev–Trinajstić information content (AvgIpc) is 2.43. The third-order valence-electron chi connectivity index (χ3n) is 2.31. The Morgan fingerprint density at radius 3 is 2.56 bits per heavy atom. The molecule has 5 nitrogen and oxygen atoms in total. The second-order valence-corrected chi connectivity index (χ2v) is 4.29. The number of hydrogen-bond acceptors (Lipinski definition) is 3. The van der Waals surface area contributed by atoms with E-state index in [2.05, 4.69) is 10.3 Å². The van der Waals surface area contributed by atoms with E-state index < -0.39 is 12.0 Å². The number of aryl methyl sites for hydroxylation is 2. The number of aromatic nitrogens is 2. The Morgan fingerprint density at radius 2 is 2.19 bits per heavy atom. The molecule has 0 saturated heterocycles. The monoisotopic (exact) mass is 225 g/mol. The first kappa shape index (κ1) is 12.7. The van der Waals surface area contributed by atoms with Crippen LogP contribution in [0.5, 0.6) is 0 Å². The fourth-order valence-corrected chi connectivity index (χ4v) is 1.65. The summed E-state index contributed by atoms with van der Waals surface area (Å²) in [5.74, 6) is 0.00811. The highest BCUT2D eigenvalue weighted by Gasteiger charge is 2.19. The third-order valence-corrected chi connectivity index (χ3v) is 2.31. The molecule has 2 N–H and O–H groups in total. The lowest BCUT2D eigenvalue weighted by Gasteiger charge is -2.18. The van der Waals surface area contributed by atoms with E-state index in [-0.39, 0.29) is 6.04 Å². The van der Waals surface area contributed by atoms with Crippen molar-refractivity contribution in [3.8, 4) is 0 Å². The number of carbonyl (C=O) groups is 1. The number of nitrogens with one attached hydrogen (secondary N) is 1. The summed E-state index contributed by atoms with van der Waals surface area (Å²) in [7, 11) is 0. The molecule has 0 aliphatic carbocycles. The van der Waals surface area contributed by atoms with Crippen LogP contribution in [-0.4, -0.2) is 32.7 Å². The van der Waals surface area contributed by atoms with Crippen molar-refractivity contribution in [2.45, 2.75) is 46.3 Å². The standard InChI is InChI=1S/C11H19N3O2/c1-7(2)12-10(11(15)16)6-14-5-8(3)13-9(14)4/h5,7,10,12H,6H2,1-4H3,(H,15,16). The van der Waals surface area contributed by atoms with E-state index in [0.717, 1.165) is 11.5 Å². The number of imidazole rings is 1. The fourth-order valence-electron chi connectivity index (χ4n) is 1.65. The predicted molar refractivity (Wildman–Crippen MR) is 61.4 cm³/mol. The molecule has 5 heteroatoms. The fraction of sp³-hybridized carbons (Fsp3) is 0.636. The largest absolute Gasteiger partial charge is 0.480 e. The Hall–Kier alpha value is -1.36. The van der Waals surface area contributed by atoms with Crippen LogP contribution in [0.2, 0.25) is 0 Å². The molecule has 90 valence electrons. The van der Waals surface area contributed by atoms with Gasteiger partial charge in [0.25, 0.3) is 0 Å². The third kappa shape index (κ3) is 3.34. The van der Waals surface area contributed by atoms with Gasteiger partial charge in [-0.15, -0.1) is 0 Å². The van der Waals surface area contributed by atoms with Crippen LogP contribution in [0.15, 0.2) is 6.20 Å². The lowest BCUT2D eigenvalue weighted by Crippen LogP contribution is -2.43. The molecule has 0 radical (unpaired) electrons. The topological polar surface area (TPSA) is 67.2 Å². The van der Waals surface area contributed by atoms with Gasteiger partial charge in [-0.2, -0.15) is 0 Å². The van der Waals surface area contributed by atoms with Crippen molar-refractivity contribution in [3.05, 3.63) is 17.7 Å². The zero-order valence-electron chi connectivity index (χ0n) is 10.2. The normalized spacial score (nSPS) is 13.1. The van der Waals surface area contributed by atoms with Gasteiger partial charge in [-0.05, 0) is 13.8 Å². The maximum atomic E-state index is 11.1. The smallest absolute Gasteiger partial charge is 0.322 e. The molecular weight excluding hydrogens is 206 g/mol. The highest BCUT2D eigenvalue weighted by Crippen LogP contribution is 2.03. The van der Waals surface area contributed by atoms with E-state index in [4.69, 9.17) is 5.11 Å². The molecule has 1 atom stereocenters. The number of carboxylic acids is 1. The minimum absolute atomic E-state index is 0.144. The molecule has 1 aromatic rings. The van der Waals surface area contributed by atoms with E-state index in [1.165, 1.54) is 0 Å². The first-order valence-electron chi connectivity index (χ1n) is 5.39. The van der Waals surface area contributed by atoms with Gasteiger partial charge in [-0.25, -0.2) is 4.98 Å². The first-order chi connectivity index (χ1) is 7.40. The Bertz CT molecular complexity index is 371. The first-order valence-corrected chi connectivity index (χ1v) is 5.39. The Morgan fingerprint density at radius 1 is 1.56 bits per heavy atom. The van der Waals surface area contributed by atoms with Crippen molar-refractivity contribution in [1.29, 1.82) is 0 Å². The molecule has 1 unspecified atom stereocenters. The van der Waals surface area contributed by atoms with Crippen molar-refractivity contribution in [2.24, 2.45) is 0 Å². The van der Waals surface area contributed by atoms with Crippen molar-refractivity contribution in [3.63, 3.8) is 0 Å². The van der Waals surface area contributed by atoms with E-state index in [9.17, 15) is 4.79 Å². The van der Waals surface area contributed by atoms with Crippen LogP contribution in [0.25, 0.3) is 0 Å². The molecule has 1 rings (SSSR count). The number of nitrogens with zero attached hydrogens (tertiary/aromatic N) is 2. The van der Waals surface area contributed by atoms with Crippen LogP contribution in [0, 0.1) is 13.8 Å². The summed E-state index contributed by atoms with van der Waals surface area (Å²) in [6.07, 6.45) is 1.87. The van der Waals surface area contributed by atoms with Crippen LogP contribution in [-0.2, 0) is 11.3 Å². The summed E-state index contributed by atoms with van der Waals surface area (Å²) in [5, 5.41) is 12.1. The molecule has 0 bridgehead atoms. The average molecular weight is 225 g/mol. The van der Waals surface area contributed by atoms with Crippen LogP contribution in [0.3, 0.4) is 0 Å². The van der Waals surface area contributed by atoms with Gasteiger partial charge in [0, 0.05) is 18.8 Å². The zero-order chi connectivity index (χ0) is 12.3. The number of hydrogen-bond donors (Lipinski definition) is 2. The molecule has 0 aliphatic heterocycles. The summed E-state index contributed by atoms with van der Waals surface area (Å²) in [6.45, 7) is 8.04. The van der Waals surface area contributed by atoms with Crippen LogP contribution < -0.4 is 5.32 Å². The molecule has 0 saturated carbocycles. The van der Waals surface area contributed by atoms with E-state index in [0.29, 0.717) is 6.54 Å². The van der Waals surface area contributed by atoms with Crippen molar-refractivity contribution >= 4 is 5.97 Å². The minimum Gasteiger partial charge on any atom is -0.480 e. The highest BCUT2D eigenvalue weighted by atomic mass is 16.4. The minimum atomic E-state index is -0.834. The van der Waals surface area contributed by atoms with Gasteiger partial charge in [0.05, 0.1) is 5.69 Å². The van der Waals surface area contributed by atoms with Gasteiger partial charge < -0.3 is 15.0 Å². The van der Waals surface area contributed by atoms with Crippen LogP contribution in [0.4, 0.5) is 0 Å². The van der Waals surface area contributed by atoms with Crippen LogP contribution >= 0.6 is 0 Å². The number of carboxylic acid groups (broad SMARTS) is 1. The summed E-state index contributed by atoms with van der Waals surface area (Å²) < 4.78 is 1.86. The maximum Gasteiger partial charge on any atom is 0.322 e. The molecule has 1 aromatic heterocycles. The molecule has 0 spiro atoms. The molecular formula is C11H19N3O2. The van der Waals surface area contributed by atoms with Gasteiger partial charge in [0.2, 0.25) is 0 Å². The quantitative estimate of drug-likeness (QED) is 0.783. The lowest BCUT2D eigenvalue weighted by atomic mass is 10.2. The van der Waals surface area contributed by atoms with E-state index >= 15 is 0 Å². The zero-order valence-corrected chi connectivity index (χ0v) is 10.2. The summed E-state index contributed by atoms with van der Waals surface area (Å²) in [4.78, 5) is 15.3. The second kappa shape index (κ2) is 5.12. The van der Waals surface area contributed by atoms with E-state index in [1.807, 2.05) is 38.5 Å². The summed E-state index contributed by atoms with van der Waals surface area (Å²) in [5.41, 5.74) is 0.909. The van der Waals surface area contributed by atoms with Gasteiger partial charge in [0.15, 0.2) is 0 Å². The van der Waals surface area contributed by atoms with Gasteiger partial charge in [-0.1, -0.05) is 13.8 Å². The molecule has 0 aromatic carbocycles. The van der Waals surface area contributed by atoms with Gasteiger partial charge in [-0.3, -0.25) is 4.79 Å². The molecule has 0 aliphatic rings. The number of aliphatic carboxylic acids is 1. The summed E-state index contributed by atoms with van der Waals surface area (Å²) in [6, 6.07) is -0.432. The molecule has 0 amide bonds. The van der Waals surface area contributed by atoms with Gasteiger partial charge in [0.1, 0.15) is 11.9 Å². The Labute approximate surface area is 95.5 Å². The maximum absolute atomic E-state index is 11.1. The Kier molecular flexibility index (Phi) is 4.06. The summed E-state index contributed by atoms with van der Waals surface area (Å²) >= 11 is 0. The van der Waals surface area contributed by atoms with Crippen molar-refractivity contribution in [1.82, 2.24) is 14.9 Å². The predicted octanol–water partition coefficient (Wildman–Crippen LogP) is 0.951. The second-order valence-electron chi connectivity index (χ2n) is 4.29. The lowest BCUT2D eigenvalue weighted by molar-refractivity contribution is -0.140. The van der Waals surface area contributed by atoms with Crippen molar-refractivity contribution in [2.75, 3.05) is 0 Å². The Balaban J connectivity index is 2.75. The highest BCUT2D eigenvalue weighted by molar-refractivity contribution is 5.73. The molecule has 0 fully saturated rings. The van der Waals surface area contributed by atoms with Gasteiger partial charge >= 0.3 is 5.97 Å². The van der Waals surface area contributed by atoms with Crippen molar-refractivity contribution < 1.29 is 9.90 Å². The van der Waals surface area contributed by atoms with Crippen LogP contribution in [0.1, 0.15) is 25.4 Å². The number of rotatable bonds is 5. The molecule has 16 heavy (non-hydrogen) atoms.